The second kappa shape index (κ2) is 12.5. The van der Waals surface area contributed by atoms with Crippen LogP contribution in [0.25, 0.3) is 10.9 Å². The fourth-order valence-electron chi connectivity index (χ4n) is 3.32. The topological polar surface area (TPSA) is 207 Å². The SMILES string of the molecule is CC(O)C(N)C(=O)NC(Cc1c[nH]c2ccccc12)C(=O)NC(C(=O)NC(CS)C(=O)O)C(C)O. The Morgan fingerprint density at radius 2 is 1.60 bits per heavy atom. The zero-order valence-corrected chi connectivity index (χ0v) is 20.2. The summed E-state index contributed by atoms with van der Waals surface area (Å²) in [5.41, 5.74) is 7.19. The van der Waals surface area contributed by atoms with E-state index in [1.165, 1.54) is 13.8 Å². The minimum Gasteiger partial charge on any atom is -0.480 e. The number of aliphatic hydroxyl groups is 2. The van der Waals surface area contributed by atoms with Crippen molar-refractivity contribution in [2.45, 2.75) is 56.6 Å². The molecule has 6 atom stereocenters. The van der Waals surface area contributed by atoms with Gasteiger partial charge in [-0.1, -0.05) is 18.2 Å². The molecule has 0 aliphatic carbocycles. The Kier molecular flexibility index (Phi) is 10.1. The van der Waals surface area contributed by atoms with E-state index in [0.717, 1.165) is 10.9 Å². The average Bonchev–Trinajstić information content (AvgIpc) is 3.21. The highest BCUT2D eigenvalue weighted by atomic mass is 32.1. The summed E-state index contributed by atoms with van der Waals surface area (Å²) in [7, 11) is 0. The standard InChI is InChI=1S/C22H31N5O7S/c1-10(28)17(23)20(31)25-15(7-12-8-24-14-6-4-3-5-13(12)14)19(30)27-18(11(2)29)21(32)26-16(9-35)22(33)34/h3-6,8,10-11,15-18,24,28-29,35H,7,9,23H2,1-2H3,(H,25,31)(H,26,32)(H,27,30)(H,33,34). The van der Waals surface area contributed by atoms with Crippen LogP contribution in [0.2, 0.25) is 0 Å². The van der Waals surface area contributed by atoms with Gasteiger partial charge in [0, 0.05) is 29.3 Å². The number of benzene rings is 1. The van der Waals surface area contributed by atoms with Gasteiger partial charge in [0.15, 0.2) is 0 Å². The van der Waals surface area contributed by atoms with Crippen molar-refractivity contribution in [3.8, 4) is 0 Å². The van der Waals surface area contributed by atoms with Gasteiger partial charge in [-0.2, -0.15) is 12.6 Å². The Balaban J connectivity index is 2.29. The number of carbonyl (C=O) groups is 4. The van der Waals surface area contributed by atoms with Crippen LogP contribution in [0.5, 0.6) is 0 Å². The quantitative estimate of drug-likeness (QED) is 0.150. The van der Waals surface area contributed by atoms with Crippen molar-refractivity contribution >= 4 is 47.2 Å². The Labute approximate surface area is 207 Å². The third-order valence-corrected chi connectivity index (χ3v) is 5.78. The van der Waals surface area contributed by atoms with Crippen molar-refractivity contribution in [1.29, 1.82) is 0 Å². The van der Waals surface area contributed by atoms with Crippen molar-refractivity contribution in [1.82, 2.24) is 20.9 Å². The Morgan fingerprint density at radius 1 is 0.971 bits per heavy atom. The van der Waals surface area contributed by atoms with Crippen LogP contribution < -0.4 is 21.7 Å². The number of amides is 3. The van der Waals surface area contributed by atoms with E-state index < -0.39 is 60.1 Å². The first kappa shape index (κ1) is 28.1. The number of aliphatic carboxylic acids is 1. The minimum atomic E-state index is -1.52. The number of carboxylic acid groups (broad SMARTS) is 1. The molecule has 0 radical (unpaired) electrons. The number of thiol groups is 1. The molecule has 0 bridgehead atoms. The van der Waals surface area contributed by atoms with Crippen LogP contribution in [-0.2, 0) is 25.6 Å². The number of aromatic amines is 1. The number of carboxylic acids is 1. The van der Waals surface area contributed by atoms with Crippen LogP contribution in [0.1, 0.15) is 19.4 Å². The van der Waals surface area contributed by atoms with Crippen LogP contribution in [0.15, 0.2) is 30.5 Å². The van der Waals surface area contributed by atoms with E-state index in [-0.39, 0.29) is 12.2 Å². The number of para-hydroxylation sites is 1. The zero-order valence-electron chi connectivity index (χ0n) is 19.3. The summed E-state index contributed by atoms with van der Waals surface area (Å²) in [6.07, 6.45) is -0.903. The fourth-order valence-corrected chi connectivity index (χ4v) is 3.57. The highest BCUT2D eigenvalue weighted by Crippen LogP contribution is 2.19. The number of aliphatic hydroxyl groups excluding tert-OH is 2. The Hall–Kier alpha value is -3.13. The van der Waals surface area contributed by atoms with Gasteiger partial charge in [-0.15, -0.1) is 0 Å². The molecule has 0 aliphatic heterocycles. The number of aromatic nitrogens is 1. The summed E-state index contributed by atoms with van der Waals surface area (Å²) in [6.45, 7) is 2.57. The summed E-state index contributed by atoms with van der Waals surface area (Å²) in [5.74, 6) is -4.09. The van der Waals surface area contributed by atoms with Gasteiger partial charge in [0.25, 0.3) is 0 Å². The molecule has 0 fully saturated rings. The minimum absolute atomic E-state index is 0.00332. The molecular weight excluding hydrogens is 478 g/mol. The number of carbonyl (C=O) groups excluding carboxylic acids is 3. The first-order valence-electron chi connectivity index (χ1n) is 10.9. The first-order chi connectivity index (χ1) is 16.5. The van der Waals surface area contributed by atoms with E-state index >= 15 is 0 Å². The molecule has 2 rings (SSSR count). The van der Waals surface area contributed by atoms with Crippen molar-refractivity contribution in [3.05, 3.63) is 36.0 Å². The van der Waals surface area contributed by atoms with E-state index in [4.69, 9.17) is 10.8 Å². The van der Waals surface area contributed by atoms with Gasteiger partial charge < -0.3 is 42.0 Å². The molecule has 0 saturated heterocycles. The lowest BCUT2D eigenvalue weighted by atomic mass is 10.0. The number of fused-ring (bicyclic) bond motifs is 1. The third kappa shape index (κ3) is 7.42. The van der Waals surface area contributed by atoms with E-state index in [2.05, 4.69) is 33.6 Å². The molecule has 1 heterocycles. The lowest BCUT2D eigenvalue weighted by Crippen LogP contribution is -2.61. The highest BCUT2D eigenvalue weighted by molar-refractivity contribution is 7.80. The van der Waals surface area contributed by atoms with Crippen LogP contribution in [0, 0.1) is 0 Å². The number of hydrogen-bond acceptors (Lipinski definition) is 8. The van der Waals surface area contributed by atoms with Crippen LogP contribution >= 0.6 is 12.6 Å². The fraction of sp³-hybridized carbons (Fsp3) is 0.455. The second-order valence-corrected chi connectivity index (χ2v) is 8.57. The maximum absolute atomic E-state index is 13.2. The number of hydrogen-bond donors (Lipinski definition) is 9. The van der Waals surface area contributed by atoms with Gasteiger partial charge in [0.2, 0.25) is 17.7 Å². The molecule has 0 spiro atoms. The van der Waals surface area contributed by atoms with Crippen LogP contribution in [0.3, 0.4) is 0 Å². The highest BCUT2D eigenvalue weighted by Gasteiger charge is 2.33. The summed E-state index contributed by atoms with van der Waals surface area (Å²) >= 11 is 3.88. The number of nitrogens with two attached hydrogens (primary N) is 1. The second-order valence-electron chi connectivity index (χ2n) is 8.20. The summed E-state index contributed by atoms with van der Waals surface area (Å²) in [6, 6.07) is 1.91. The Bertz CT molecular complexity index is 1060. The molecule has 3 amide bonds. The zero-order chi connectivity index (χ0) is 26.3. The first-order valence-corrected chi connectivity index (χ1v) is 11.5. The smallest absolute Gasteiger partial charge is 0.327 e. The van der Waals surface area contributed by atoms with E-state index in [1.54, 1.807) is 6.20 Å². The van der Waals surface area contributed by atoms with Gasteiger partial charge in [0.05, 0.1) is 12.2 Å². The molecule has 13 heteroatoms. The Morgan fingerprint density at radius 3 is 2.17 bits per heavy atom. The van der Waals surface area contributed by atoms with E-state index in [1.807, 2.05) is 24.3 Å². The maximum Gasteiger partial charge on any atom is 0.327 e. The van der Waals surface area contributed by atoms with Gasteiger partial charge in [-0.05, 0) is 25.5 Å². The predicted molar refractivity (Wildman–Crippen MR) is 131 cm³/mol. The molecule has 0 aliphatic rings. The van der Waals surface area contributed by atoms with Crippen molar-refractivity contribution in [3.63, 3.8) is 0 Å². The van der Waals surface area contributed by atoms with E-state index in [0.29, 0.717) is 5.56 Å². The molecule has 12 nitrogen and oxygen atoms in total. The van der Waals surface area contributed by atoms with E-state index in [9.17, 15) is 29.4 Å². The third-order valence-electron chi connectivity index (χ3n) is 5.41. The van der Waals surface area contributed by atoms with Gasteiger partial charge >= 0.3 is 5.97 Å². The van der Waals surface area contributed by atoms with Crippen molar-refractivity contribution < 1.29 is 34.5 Å². The molecule has 6 unspecified atom stereocenters. The molecule has 2 aromatic rings. The molecular formula is C22H31N5O7S. The predicted octanol–water partition coefficient (Wildman–Crippen LogP) is -1.73. The molecule has 9 N–H and O–H groups in total. The largest absolute Gasteiger partial charge is 0.480 e. The molecule has 1 aromatic heterocycles. The molecule has 192 valence electrons. The molecule has 0 saturated carbocycles. The van der Waals surface area contributed by atoms with Crippen LogP contribution in [-0.4, -0.2) is 86.1 Å². The normalized spacial score (nSPS) is 16.4. The van der Waals surface area contributed by atoms with Crippen molar-refractivity contribution in [2.75, 3.05) is 5.75 Å². The molecule has 1 aromatic carbocycles. The number of H-pyrrole nitrogens is 1. The van der Waals surface area contributed by atoms with Gasteiger partial charge in [-0.25, -0.2) is 4.79 Å². The van der Waals surface area contributed by atoms with Crippen molar-refractivity contribution in [2.24, 2.45) is 5.73 Å². The van der Waals surface area contributed by atoms with Gasteiger partial charge in [0.1, 0.15) is 24.2 Å². The summed E-state index contributed by atoms with van der Waals surface area (Å²) in [5, 5.41) is 36.8. The maximum atomic E-state index is 13.2. The lowest BCUT2D eigenvalue weighted by Gasteiger charge is -2.26. The van der Waals surface area contributed by atoms with Gasteiger partial charge in [-0.3, -0.25) is 14.4 Å². The monoisotopic (exact) mass is 509 g/mol. The summed E-state index contributed by atoms with van der Waals surface area (Å²) in [4.78, 5) is 52.6. The molecule has 35 heavy (non-hydrogen) atoms. The summed E-state index contributed by atoms with van der Waals surface area (Å²) < 4.78 is 0. The average molecular weight is 510 g/mol. The lowest BCUT2D eigenvalue weighted by molar-refractivity contribution is -0.142. The van der Waals surface area contributed by atoms with Crippen LogP contribution in [0.4, 0.5) is 0 Å². The number of nitrogens with one attached hydrogen (secondary N) is 4. The number of rotatable bonds is 12.